The van der Waals surface area contributed by atoms with E-state index in [1.807, 2.05) is 0 Å². The molecule has 2 atom stereocenters. The van der Waals surface area contributed by atoms with Gasteiger partial charge in [0.2, 0.25) is 5.91 Å². The number of anilines is 2. The minimum absolute atomic E-state index is 0.123. The molecule has 0 aliphatic rings. The average Bonchev–Trinajstić information content (AvgIpc) is 2.63. The predicted octanol–water partition coefficient (Wildman–Crippen LogP) is 0.919. The summed E-state index contributed by atoms with van der Waals surface area (Å²) in [5.74, 6) is -0.976. The lowest BCUT2D eigenvalue weighted by atomic mass is 10.2. The Balaban J connectivity index is 1.88. The summed E-state index contributed by atoms with van der Waals surface area (Å²) in [6, 6.07) is 12.6. The molecule has 7 nitrogen and oxygen atoms in total. The Morgan fingerprint density at radius 1 is 1.00 bits per heavy atom. The van der Waals surface area contributed by atoms with Gasteiger partial charge in [0.25, 0.3) is 11.8 Å². The van der Waals surface area contributed by atoms with E-state index in [0.29, 0.717) is 22.0 Å². The second-order valence-electron chi connectivity index (χ2n) is 6.23. The number of hydrogen-bond donors (Lipinski definition) is 4. The topological polar surface area (TPSA) is 106 Å². The van der Waals surface area contributed by atoms with Crippen molar-refractivity contribution in [1.29, 1.82) is 0 Å². The molecule has 0 saturated heterocycles. The number of quaternary nitrogens is 1. The number of carbonyl (C=O) groups is 3. The summed E-state index contributed by atoms with van der Waals surface area (Å²) < 4.78 is 0. The number of rotatable bonds is 7. The van der Waals surface area contributed by atoms with Crippen LogP contribution in [0.2, 0.25) is 5.02 Å². The zero-order valence-electron chi connectivity index (χ0n) is 15.1. The minimum atomic E-state index is -0.530. The molecule has 0 aliphatic carbocycles. The molecule has 0 radical (unpaired) electrons. The molecule has 3 amide bonds. The van der Waals surface area contributed by atoms with Gasteiger partial charge in [-0.05, 0) is 55.5 Å². The van der Waals surface area contributed by atoms with Crippen LogP contribution in [0.1, 0.15) is 17.3 Å². The Hall–Kier alpha value is -2.90. The van der Waals surface area contributed by atoms with Crippen LogP contribution < -0.4 is 21.3 Å². The van der Waals surface area contributed by atoms with Crippen molar-refractivity contribution in [2.24, 2.45) is 5.73 Å². The van der Waals surface area contributed by atoms with Crippen LogP contribution in [-0.2, 0) is 9.59 Å². The maximum Gasteiger partial charge on any atom is 0.282 e. The Kier molecular flexibility index (Phi) is 6.92. The van der Waals surface area contributed by atoms with Gasteiger partial charge in [0, 0.05) is 22.0 Å². The van der Waals surface area contributed by atoms with Gasteiger partial charge in [-0.3, -0.25) is 14.4 Å². The molecule has 8 heteroatoms. The molecule has 0 aliphatic heterocycles. The molecule has 0 aromatic heterocycles. The summed E-state index contributed by atoms with van der Waals surface area (Å²) in [6.07, 6.45) is 0. The monoisotopic (exact) mass is 389 g/mol. The average molecular weight is 390 g/mol. The van der Waals surface area contributed by atoms with Crippen molar-refractivity contribution in [2.45, 2.75) is 13.0 Å². The largest absolute Gasteiger partial charge is 0.366 e. The highest BCUT2D eigenvalue weighted by atomic mass is 35.5. The van der Waals surface area contributed by atoms with Gasteiger partial charge in [-0.1, -0.05) is 11.6 Å². The normalized spacial score (nSPS) is 12.7. The molecular weight excluding hydrogens is 368 g/mol. The Morgan fingerprint density at radius 2 is 1.52 bits per heavy atom. The van der Waals surface area contributed by atoms with Crippen molar-refractivity contribution >= 4 is 40.7 Å². The summed E-state index contributed by atoms with van der Waals surface area (Å²) in [4.78, 5) is 36.3. The number of halogens is 1. The van der Waals surface area contributed by atoms with E-state index in [2.05, 4.69) is 10.6 Å². The molecule has 2 rings (SSSR count). The first kappa shape index (κ1) is 20.4. The number of primary amides is 1. The van der Waals surface area contributed by atoms with Crippen LogP contribution in [0.4, 0.5) is 11.4 Å². The van der Waals surface area contributed by atoms with Crippen LogP contribution in [0.15, 0.2) is 48.5 Å². The highest BCUT2D eigenvalue weighted by molar-refractivity contribution is 6.30. The molecular formula is C19H22ClN4O3+. The zero-order chi connectivity index (χ0) is 20.0. The van der Waals surface area contributed by atoms with Crippen molar-refractivity contribution in [3.8, 4) is 0 Å². The second kappa shape index (κ2) is 9.16. The molecule has 2 aromatic carbocycles. The first-order valence-corrected chi connectivity index (χ1v) is 8.72. The van der Waals surface area contributed by atoms with Gasteiger partial charge in [0.1, 0.15) is 0 Å². The van der Waals surface area contributed by atoms with Crippen molar-refractivity contribution in [3.63, 3.8) is 0 Å². The third-order valence-corrected chi connectivity index (χ3v) is 4.39. The number of carbonyl (C=O) groups excluding carboxylic acids is 3. The van der Waals surface area contributed by atoms with Gasteiger partial charge >= 0.3 is 0 Å². The van der Waals surface area contributed by atoms with Crippen LogP contribution in [0.5, 0.6) is 0 Å². The van der Waals surface area contributed by atoms with E-state index in [9.17, 15) is 14.4 Å². The van der Waals surface area contributed by atoms with E-state index in [1.54, 1.807) is 62.5 Å². The Labute approximate surface area is 162 Å². The quantitative estimate of drug-likeness (QED) is 0.565. The van der Waals surface area contributed by atoms with Crippen LogP contribution in [0.25, 0.3) is 0 Å². The second-order valence-corrected chi connectivity index (χ2v) is 6.67. The smallest absolute Gasteiger partial charge is 0.282 e. The van der Waals surface area contributed by atoms with E-state index < -0.39 is 11.9 Å². The van der Waals surface area contributed by atoms with Crippen molar-refractivity contribution < 1.29 is 19.3 Å². The third kappa shape index (κ3) is 6.09. The lowest BCUT2D eigenvalue weighted by Gasteiger charge is -2.20. The van der Waals surface area contributed by atoms with E-state index >= 15 is 0 Å². The SMILES string of the molecule is C[C@@H](C(=O)Nc1ccc(C(N)=O)cc1)[NH+](C)CC(=O)Nc1ccc(Cl)cc1. The van der Waals surface area contributed by atoms with Crippen LogP contribution in [-0.4, -0.2) is 37.4 Å². The van der Waals surface area contributed by atoms with Crippen LogP contribution in [0, 0.1) is 0 Å². The highest BCUT2D eigenvalue weighted by Gasteiger charge is 2.24. The van der Waals surface area contributed by atoms with E-state index in [1.165, 1.54) is 0 Å². The lowest BCUT2D eigenvalue weighted by Crippen LogP contribution is -3.14. The fourth-order valence-corrected chi connectivity index (χ4v) is 2.46. The van der Waals surface area contributed by atoms with Gasteiger partial charge in [0.05, 0.1) is 7.05 Å². The summed E-state index contributed by atoms with van der Waals surface area (Å²) in [7, 11) is 1.77. The van der Waals surface area contributed by atoms with Gasteiger partial charge < -0.3 is 21.3 Å². The zero-order valence-corrected chi connectivity index (χ0v) is 15.8. The van der Waals surface area contributed by atoms with E-state index in [0.717, 1.165) is 4.90 Å². The van der Waals surface area contributed by atoms with Gasteiger partial charge in [-0.25, -0.2) is 0 Å². The molecule has 1 unspecified atom stereocenters. The predicted molar refractivity (Wildman–Crippen MR) is 105 cm³/mol. The molecule has 0 heterocycles. The lowest BCUT2D eigenvalue weighted by molar-refractivity contribution is -0.885. The number of amides is 3. The first-order chi connectivity index (χ1) is 12.8. The molecule has 142 valence electrons. The van der Waals surface area contributed by atoms with Gasteiger partial charge in [-0.2, -0.15) is 0 Å². The van der Waals surface area contributed by atoms with Crippen LogP contribution >= 0.6 is 11.6 Å². The van der Waals surface area contributed by atoms with Crippen LogP contribution in [0.3, 0.4) is 0 Å². The first-order valence-electron chi connectivity index (χ1n) is 8.34. The summed E-state index contributed by atoms with van der Waals surface area (Å²) in [5, 5.41) is 6.11. The summed E-state index contributed by atoms with van der Waals surface area (Å²) in [6.45, 7) is 1.86. The maximum atomic E-state index is 12.4. The number of hydrogen-bond acceptors (Lipinski definition) is 3. The fourth-order valence-electron chi connectivity index (χ4n) is 2.34. The molecule has 0 bridgehead atoms. The Morgan fingerprint density at radius 3 is 2.07 bits per heavy atom. The molecule has 0 fully saturated rings. The number of benzene rings is 2. The van der Waals surface area contributed by atoms with Crippen molar-refractivity contribution in [1.82, 2.24) is 0 Å². The number of nitrogens with two attached hydrogens (primary N) is 1. The third-order valence-electron chi connectivity index (χ3n) is 4.14. The molecule has 27 heavy (non-hydrogen) atoms. The molecule has 0 saturated carbocycles. The number of nitrogens with one attached hydrogen (secondary N) is 3. The van der Waals surface area contributed by atoms with Crippen molar-refractivity contribution in [3.05, 3.63) is 59.1 Å². The van der Waals surface area contributed by atoms with Gasteiger partial charge in [-0.15, -0.1) is 0 Å². The summed E-state index contributed by atoms with van der Waals surface area (Å²) >= 11 is 5.82. The standard InChI is InChI=1S/C19H21ClN4O3/c1-12(19(27)23-16-7-3-13(4-8-16)18(21)26)24(2)11-17(25)22-15-9-5-14(20)6-10-15/h3-10,12H,11H2,1-2H3,(H2,21,26)(H,22,25)(H,23,27)/p+1/t12-/m0/s1. The maximum absolute atomic E-state index is 12.4. The summed E-state index contributed by atoms with van der Waals surface area (Å²) in [5.41, 5.74) is 6.75. The highest BCUT2D eigenvalue weighted by Crippen LogP contribution is 2.13. The fraction of sp³-hybridized carbons (Fsp3) is 0.211. The molecule has 5 N–H and O–H groups in total. The van der Waals surface area contributed by atoms with E-state index in [4.69, 9.17) is 17.3 Å². The number of likely N-dealkylation sites (N-methyl/N-ethyl adjacent to an activating group) is 1. The van der Waals surface area contributed by atoms with E-state index in [-0.39, 0.29) is 18.4 Å². The van der Waals surface area contributed by atoms with Gasteiger partial charge in [0.15, 0.2) is 12.6 Å². The molecule has 2 aromatic rings. The van der Waals surface area contributed by atoms with Crippen molar-refractivity contribution in [2.75, 3.05) is 24.2 Å². The molecule has 0 spiro atoms. The minimum Gasteiger partial charge on any atom is -0.366 e. The Bertz CT molecular complexity index is 822.